The van der Waals surface area contributed by atoms with E-state index in [4.69, 9.17) is 4.74 Å². The third-order valence-electron chi connectivity index (χ3n) is 5.56. The highest BCUT2D eigenvalue weighted by molar-refractivity contribution is 5.91. The molecule has 2 aliphatic rings. The summed E-state index contributed by atoms with van der Waals surface area (Å²) >= 11 is 0. The molecule has 2 aromatic heterocycles. The van der Waals surface area contributed by atoms with Gasteiger partial charge < -0.3 is 10.1 Å². The Balaban J connectivity index is 1.52. The normalized spacial score (nSPS) is 24.6. The lowest BCUT2D eigenvalue weighted by Crippen LogP contribution is -2.67. The monoisotopic (exact) mass is 329 g/mol. The smallest absolute Gasteiger partial charge is 0.291 e. The van der Waals surface area contributed by atoms with Crippen LogP contribution in [-0.2, 0) is 4.74 Å². The van der Waals surface area contributed by atoms with Crippen LogP contribution in [0.15, 0.2) is 6.07 Å². The van der Waals surface area contributed by atoms with Gasteiger partial charge in [-0.15, -0.1) is 5.10 Å². The van der Waals surface area contributed by atoms with Gasteiger partial charge in [-0.3, -0.25) is 4.79 Å². The first-order valence-electron chi connectivity index (χ1n) is 8.67. The van der Waals surface area contributed by atoms with Gasteiger partial charge in [-0.1, -0.05) is 6.42 Å². The summed E-state index contributed by atoms with van der Waals surface area (Å²) in [6.07, 6.45) is 4.62. The van der Waals surface area contributed by atoms with Crippen LogP contribution in [0.1, 0.15) is 54.6 Å². The number of rotatable bonds is 4. The number of carbonyl (C=O) groups excluding carboxylic acids is 1. The largest absolute Gasteiger partial charge is 0.378 e. The van der Waals surface area contributed by atoms with Gasteiger partial charge in [-0.2, -0.15) is 4.98 Å². The van der Waals surface area contributed by atoms with Crippen molar-refractivity contribution in [3.05, 3.63) is 23.3 Å². The Morgan fingerprint density at radius 1 is 1.42 bits per heavy atom. The van der Waals surface area contributed by atoms with Crippen molar-refractivity contribution in [2.45, 2.75) is 58.6 Å². The average molecular weight is 329 g/mol. The second-order valence-corrected chi connectivity index (χ2v) is 6.98. The Labute approximate surface area is 140 Å². The van der Waals surface area contributed by atoms with Crippen molar-refractivity contribution in [1.29, 1.82) is 0 Å². The molecule has 7 nitrogen and oxygen atoms in total. The first-order valence-corrected chi connectivity index (χ1v) is 8.67. The number of aromatic nitrogens is 4. The first kappa shape index (κ1) is 15.5. The summed E-state index contributed by atoms with van der Waals surface area (Å²) in [5, 5.41) is 7.44. The molecule has 128 valence electrons. The van der Waals surface area contributed by atoms with E-state index in [1.165, 1.54) is 6.42 Å². The van der Waals surface area contributed by atoms with E-state index in [2.05, 4.69) is 20.4 Å². The van der Waals surface area contributed by atoms with Gasteiger partial charge in [-0.05, 0) is 46.1 Å². The zero-order valence-corrected chi connectivity index (χ0v) is 14.4. The number of hydrogen-bond donors (Lipinski definition) is 1. The molecule has 2 aliphatic carbocycles. The minimum absolute atomic E-state index is 0.135. The Hall–Kier alpha value is -2.02. The summed E-state index contributed by atoms with van der Waals surface area (Å²) < 4.78 is 7.45. The summed E-state index contributed by atoms with van der Waals surface area (Å²) in [6, 6.07) is 2.09. The zero-order valence-electron chi connectivity index (χ0n) is 14.4. The van der Waals surface area contributed by atoms with Gasteiger partial charge in [0.2, 0.25) is 5.82 Å². The third-order valence-corrected chi connectivity index (χ3v) is 5.56. The fraction of sp³-hybridized carbons (Fsp3) is 0.647. The second-order valence-electron chi connectivity index (χ2n) is 6.98. The molecule has 1 spiro atoms. The number of aryl methyl sites for hydroxylation is 2. The predicted molar refractivity (Wildman–Crippen MR) is 87.8 cm³/mol. The molecule has 4 rings (SSSR count). The minimum Gasteiger partial charge on any atom is -0.378 e. The summed E-state index contributed by atoms with van der Waals surface area (Å²) in [4.78, 5) is 21.2. The summed E-state index contributed by atoms with van der Waals surface area (Å²) in [6.45, 7) is 6.59. The standard InChI is InChI=1S/C17H23N5O2/c1-4-24-13-9-12(17(13)6-5-7-17)19-15(23)14-20-16-18-10(2)8-11(3)22(16)21-14/h8,12-13H,4-7,9H2,1-3H3,(H,19,23)/t12-,13-/m1/s1. The Kier molecular flexibility index (Phi) is 3.56. The molecule has 1 amide bonds. The van der Waals surface area contributed by atoms with Crippen molar-refractivity contribution in [3.63, 3.8) is 0 Å². The molecule has 0 radical (unpaired) electrons. The number of hydrogen-bond acceptors (Lipinski definition) is 5. The highest BCUT2D eigenvalue weighted by atomic mass is 16.5. The van der Waals surface area contributed by atoms with Crippen LogP contribution in [-0.4, -0.2) is 44.2 Å². The van der Waals surface area contributed by atoms with Gasteiger partial charge in [0.25, 0.3) is 11.7 Å². The summed E-state index contributed by atoms with van der Waals surface area (Å²) in [7, 11) is 0. The topological polar surface area (TPSA) is 81.4 Å². The van der Waals surface area contributed by atoms with Gasteiger partial charge in [0.1, 0.15) is 0 Å². The number of ether oxygens (including phenoxy) is 1. The first-order chi connectivity index (χ1) is 11.5. The molecule has 2 fully saturated rings. The van der Waals surface area contributed by atoms with Gasteiger partial charge in [0.15, 0.2) is 0 Å². The van der Waals surface area contributed by atoms with Crippen LogP contribution in [0.3, 0.4) is 0 Å². The zero-order chi connectivity index (χ0) is 16.9. The van der Waals surface area contributed by atoms with E-state index in [1.54, 1.807) is 4.52 Å². The third kappa shape index (κ3) is 2.22. The van der Waals surface area contributed by atoms with Gasteiger partial charge in [0.05, 0.1) is 6.10 Å². The highest BCUT2D eigenvalue weighted by Crippen LogP contribution is 2.57. The van der Waals surface area contributed by atoms with Crippen molar-refractivity contribution >= 4 is 11.7 Å². The number of nitrogens with one attached hydrogen (secondary N) is 1. The van der Waals surface area contributed by atoms with E-state index in [0.29, 0.717) is 5.78 Å². The molecule has 0 aliphatic heterocycles. The lowest BCUT2D eigenvalue weighted by Gasteiger charge is -2.60. The van der Waals surface area contributed by atoms with Crippen molar-refractivity contribution in [1.82, 2.24) is 24.9 Å². The number of amides is 1. The van der Waals surface area contributed by atoms with Crippen molar-refractivity contribution < 1.29 is 9.53 Å². The highest BCUT2D eigenvalue weighted by Gasteiger charge is 2.59. The summed E-state index contributed by atoms with van der Waals surface area (Å²) in [5.74, 6) is 0.436. The van der Waals surface area contributed by atoms with E-state index in [-0.39, 0.29) is 29.3 Å². The maximum Gasteiger partial charge on any atom is 0.291 e. The van der Waals surface area contributed by atoms with Crippen molar-refractivity contribution in [3.8, 4) is 0 Å². The van der Waals surface area contributed by atoms with E-state index in [0.717, 1.165) is 37.3 Å². The SMILES string of the molecule is CCO[C@@H]1C[C@@H](NC(=O)c2nc3nc(C)cc(C)n3n2)C12CCC2. The molecule has 2 aromatic rings. The van der Waals surface area contributed by atoms with E-state index in [9.17, 15) is 4.79 Å². The van der Waals surface area contributed by atoms with Crippen LogP contribution in [0, 0.1) is 19.3 Å². The molecule has 0 saturated heterocycles. The van der Waals surface area contributed by atoms with Crippen LogP contribution in [0.4, 0.5) is 0 Å². The molecule has 0 aromatic carbocycles. The Bertz CT molecular complexity index is 796. The van der Waals surface area contributed by atoms with Gasteiger partial charge >= 0.3 is 0 Å². The number of nitrogens with zero attached hydrogens (tertiary/aromatic N) is 4. The molecular weight excluding hydrogens is 306 g/mol. The number of carbonyl (C=O) groups is 1. The maximum absolute atomic E-state index is 12.6. The molecule has 2 atom stereocenters. The quantitative estimate of drug-likeness (QED) is 0.925. The molecular formula is C17H23N5O2. The molecule has 1 N–H and O–H groups in total. The Morgan fingerprint density at radius 2 is 2.21 bits per heavy atom. The molecule has 2 saturated carbocycles. The van der Waals surface area contributed by atoms with E-state index in [1.807, 2.05) is 26.8 Å². The van der Waals surface area contributed by atoms with E-state index >= 15 is 0 Å². The fourth-order valence-electron chi connectivity index (χ4n) is 4.13. The van der Waals surface area contributed by atoms with Crippen molar-refractivity contribution in [2.75, 3.05) is 6.61 Å². The van der Waals surface area contributed by atoms with Crippen LogP contribution in [0.25, 0.3) is 5.78 Å². The number of fused-ring (bicyclic) bond motifs is 1. The molecule has 0 bridgehead atoms. The van der Waals surface area contributed by atoms with Crippen LogP contribution < -0.4 is 5.32 Å². The average Bonchev–Trinajstić information content (AvgIpc) is 2.88. The lowest BCUT2D eigenvalue weighted by molar-refractivity contribution is -0.169. The summed E-state index contributed by atoms with van der Waals surface area (Å²) in [5.41, 5.74) is 1.92. The lowest BCUT2D eigenvalue weighted by atomic mass is 9.51. The molecule has 0 unspecified atom stereocenters. The van der Waals surface area contributed by atoms with Crippen LogP contribution in [0.5, 0.6) is 0 Å². The maximum atomic E-state index is 12.6. The second kappa shape index (κ2) is 5.51. The fourth-order valence-corrected chi connectivity index (χ4v) is 4.13. The van der Waals surface area contributed by atoms with Crippen molar-refractivity contribution in [2.24, 2.45) is 5.41 Å². The predicted octanol–water partition coefficient (Wildman–Crippen LogP) is 1.82. The van der Waals surface area contributed by atoms with Gasteiger partial charge in [-0.25, -0.2) is 9.50 Å². The van der Waals surface area contributed by atoms with E-state index < -0.39 is 0 Å². The molecule has 2 heterocycles. The van der Waals surface area contributed by atoms with Crippen LogP contribution in [0.2, 0.25) is 0 Å². The minimum atomic E-state index is -0.219. The van der Waals surface area contributed by atoms with Gasteiger partial charge in [0, 0.05) is 29.5 Å². The van der Waals surface area contributed by atoms with Crippen LogP contribution >= 0.6 is 0 Å². The Morgan fingerprint density at radius 3 is 2.88 bits per heavy atom. The molecule has 7 heteroatoms. The molecule has 24 heavy (non-hydrogen) atoms.